The monoisotopic (exact) mass is 433 g/mol. The zero-order valence-corrected chi connectivity index (χ0v) is 17.9. The van der Waals surface area contributed by atoms with Gasteiger partial charge in [-0.15, -0.1) is 0 Å². The maximum absolute atomic E-state index is 13.5. The number of amides is 1. The van der Waals surface area contributed by atoms with E-state index in [9.17, 15) is 13.2 Å². The van der Waals surface area contributed by atoms with Gasteiger partial charge >= 0.3 is 0 Å². The number of rotatable bonds is 7. The number of methoxy groups -OCH3 is 4. The summed E-state index contributed by atoms with van der Waals surface area (Å²) in [6.45, 7) is 0. The summed E-state index contributed by atoms with van der Waals surface area (Å²) in [6, 6.07) is 9.05. The van der Waals surface area contributed by atoms with Crippen LogP contribution in [0.3, 0.4) is 0 Å². The minimum atomic E-state index is -3.40. The van der Waals surface area contributed by atoms with Crippen molar-refractivity contribution in [3.63, 3.8) is 0 Å². The predicted molar refractivity (Wildman–Crippen MR) is 113 cm³/mol. The number of hydrogen-bond donors (Lipinski definition) is 0. The largest absolute Gasteiger partial charge is 0.497 e. The molecule has 0 unspecified atom stereocenters. The lowest BCUT2D eigenvalue weighted by atomic mass is 10.1. The Morgan fingerprint density at radius 1 is 0.900 bits per heavy atom. The Hall–Kier alpha value is -3.20. The van der Waals surface area contributed by atoms with Gasteiger partial charge in [-0.1, -0.05) is 0 Å². The van der Waals surface area contributed by atoms with Gasteiger partial charge in [-0.25, -0.2) is 8.42 Å². The summed E-state index contributed by atoms with van der Waals surface area (Å²) >= 11 is 0. The maximum Gasteiger partial charge on any atom is 0.259 e. The van der Waals surface area contributed by atoms with E-state index < -0.39 is 21.8 Å². The van der Waals surface area contributed by atoms with Crippen LogP contribution in [0.1, 0.15) is 10.4 Å². The van der Waals surface area contributed by atoms with Crippen molar-refractivity contribution in [1.82, 2.24) is 0 Å². The van der Waals surface area contributed by atoms with Gasteiger partial charge < -0.3 is 18.9 Å². The summed E-state index contributed by atoms with van der Waals surface area (Å²) in [5.74, 6) is 1.16. The molecule has 0 aliphatic carbocycles. The summed E-state index contributed by atoms with van der Waals surface area (Å²) < 4.78 is 45.3. The van der Waals surface area contributed by atoms with Crippen molar-refractivity contribution in [3.05, 3.63) is 53.4 Å². The van der Waals surface area contributed by atoms with Crippen LogP contribution >= 0.6 is 0 Å². The topological polar surface area (TPSA) is 91.4 Å². The molecule has 0 bridgehead atoms. The van der Waals surface area contributed by atoms with Crippen molar-refractivity contribution < 1.29 is 32.2 Å². The zero-order chi connectivity index (χ0) is 21.9. The molecule has 0 radical (unpaired) electrons. The van der Waals surface area contributed by atoms with Gasteiger partial charge in [0, 0.05) is 17.0 Å². The molecule has 0 saturated carbocycles. The van der Waals surface area contributed by atoms with Crippen molar-refractivity contribution in [3.8, 4) is 23.0 Å². The summed E-state index contributed by atoms with van der Waals surface area (Å²) in [4.78, 5) is 15.0. The molecule has 0 spiro atoms. The molecule has 9 heteroatoms. The van der Waals surface area contributed by atoms with Crippen molar-refractivity contribution in [2.45, 2.75) is 6.04 Å². The predicted octanol–water partition coefficient (Wildman–Crippen LogP) is 2.68. The fourth-order valence-corrected chi connectivity index (χ4v) is 4.52. The van der Waals surface area contributed by atoms with E-state index in [1.54, 1.807) is 36.4 Å². The third-order valence-electron chi connectivity index (χ3n) is 4.74. The van der Waals surface area contributed by atoms with Crippen LogP contribution in [-0.2, 0) is 9.84 Å². The zero-order valence-electron chi connectivity index (χ0n) is 17.1. The Labute approximate surface area is 175 Å². The van der Waals surface area contributed by atoms with Crippen molar-refractivity contribution >= 4 is 21.4 Å². The fourth-order valence-electron chi connectivity index (χ4n) is 3.25. The van der Waals surface area contributed by atoms with Crippen LogP contribution in [0.25, 0.3) is 0 Å². The Morgan fingerprint density at radius 3 is 2.17 bits per heavy atom. The Morgan fingerprint density at radius 2 is 1.60 bits per heavy atom. The molecule has 1 aliphatic heterocycles. The second kappa shape index (κ2) is 8.66. The van der Waals surface area contributed by atoms with Crippen LogP contribution in [0.5, 0.6) is 23.0 Å². The van der Waals surface area contributed by atoms with E-state index in [0.29, 0.717) is 34.2 Å². The summed E-state index contributed by atoms with van der Waals surface area (Å²) in [7, 11) is 2.56. The average molecular weight is 433 g/mol. The summed E-state index contributed by atoms with van der Waals surface area (Å²) in [5, 5.41) is 1.13. The molecule has 1 heterocycles. The minimum Gasteiger partial charge on any atom is -0.497 e. The molecule has 2 aromatic carbocycles. The van der Waals surface area contributed by atoms with E-state index in [1.807, 2.05) is 0 Å². The second-order valence-electron chi connectivity index (χ2n) is 6.51. The van der Waals surface area contributed by atoms with Gasteiger partial charge in [0.15, 0.2) is 21.3 Å². The van der Waals surface area contributed by atoms with Gasteiger partial charge in [-0.2, -0.15) is 0 Å². The third kappa shape index (κ3) is 4.20. The summed E-state index contributed by atoms with van der Waals surface area (Å²) in [5.41, 5.74) is 0.730. The molecule has 30 heavy (non-hydrogen) atoms. The Kier molecular flexibility index (Phi) is 6.21. The van der Waals surface area contributed by atoms with Crippen LogP contribution in [0.2, 0.25) is 0 Å². The average Bonchev–Trinajstić information content (AvgIpc) is 3.12. The lowest BCUT2D eigenvalue weighted by Crippen LogP contribution is -2.41. The standard InChI is InChI=1S/C21H23NO7S/c1-26-16-6-7-17(19(12-16)28-3)22(15-9-10-30(24,25)13-15)21(23)14-5-8-18(27-2)20(11-14)29-4/h5-12,15H,13H2,1-4H3/t15-/m0/s1. The van der Waals surface area contributed by atoms with E-state index >= 15 is 0 Å². The van der Waals surface area contributed by atoms with E-state index in [2.05, 4.69) is 0 Å². The highest BCUT2D eigenvalue weighted by molar-refractivity contribution is 7.94. The second-order valence-corrected chi connectivity index (χ2v) is 8.44. The van der Waals surface area contributed by atoms with Crippen molar-refractivity contribution in [2.24, 2.45) is 0 Å². The van der Waals surface area contributed by atoms with Crippen LogP contribution in [0.4, 0.5) is 5.69 Å². The van der Waals surface area contributed by atoms with Crippen LogP contribution in [0, 0.1) is 0 Å². The quantitative estimate of drug-likeness (QED) is 0.663. The lowest BCUT2D eigenvalue weighted by molar-refractivity contribution is 0.0982. The van der Waals surface area contributed by atoms with E-state index in [-0.39, 0.29) is 5.75 Å². The van der Waals surface area contributed by atoms with E-state index in [0.717, 1.165) is 5.41 Å². The number of carbonyl (C=O) groups excluding carboxylic acids is 1. The maximum atomic E-state index is 13.5. The van der Waals surface area contributed by atoms with Crippen LogP contribution < -0.4 is 23.8 Å². The van der Waals surface area contributed by atoms with Gasteiger partial charge in [0.2, 0.25) is 0 Å². The van der Waals surface area contributed by atoms with E-state index in [4.69, 9.17) is 18.9 Å². The van der Waals surface area contributed by atoms with Gasteiger partial charge in [0.25, 0.3) is 5.91 Å². The highest BCUT2D eigenvalue weighted by atomic mass is 32.2. The molecule has 0 N–H and O–H groups in total. The van der Waals surface area contributed by atoms with Crippen molar-refractivity contribution in [1.29, 1.82) is 0 Å². The van der Waals surface area contributed by atoms with Gasteiger partial charge in [0.05, 0.1) is 45.9 Å². The van der Waals surface area contributed by atoms with Gasteiger partial charge in [0.1, 0.15) is 11.5 Å². The third-order valence-corrected chi connectivity index (χ3v) is 6.12. The van der Waals surface area contributed by atoms with Crippen molar-refractivity contribution in [2.75, 3.05) is 39.1 Å². The van der Waals surface area contributed by atoms with Gasteiger partial charge in [-0.3, -0.25) is 9.69 Å². The molecule has 1 aliphatic rings. The fraction of sp³-hybridized carbons (Fsp3) is 0.286. The molecule has 0 saturated heterocycles. The lowest BCUT2D eigenvalue weighted by Gasteiger charge is -2.29. The minimum absolute atomic E-state index is 0.221. The number of sulfone groups is 1. The van der Waals surface area contributed by atoms with E-state index in [1.165, 1.54) is 39.4 Å². The normalized spacial score (nSPS) is 16.7. The molecule has 0 aromatic heterocycles. The first-order valence-corrected chi connectivity index (χ1v) is 10.7. The Balaban J connectivity index is 2.11. The molecule has 0 fully saturated rings. The smallest absolute Gasteiger partial charge is 0.259 e. The number of anilines is 1. The number of benzene rings is 2. The molecule has 3 rings (SSSR count). The molecular formula is C21H23NO7S. The first kappa shape index (κ1) is 21.5. The number of hydrogen-bond acceptors (Lipinski definition) is 7. The first-order valence-electron chi connectivity index (χ1n) is 9.02. The highest BCUT2D eigenvalue weighted by Gasteiger charge is 2.34. The Bertz CT molecular complexity index is 1080. The summed E-state index contributed by atoms with van der Waals surface area (Å²) in [6.07, 6.45) is 1.50. The van der Waals surface area contributed by atoms with Gasteiger partial charge in [-0.05, 0) is 36.4 Å². The van der Waals surface area contributed by atoms with Crippen LogP contribution in [0.15, 0.2) is 47.9 Å². The SMILES string of the molecule is COc1ccc(N(C(=O)c2ccc(OC)c(OC)c2)[C@H]2C=CS(=O)(=O)C2)c(OC)c1. The molecule has 8 nitrogen and oxygen atoms in total. The number of carbonyl (C=O) groups is 1. The van der Waals surface area contributed by atoms with Crippen LogP contribution in [-0.4, -0.2) is 54.6 Å². The first-order chi connectivity index (χ1) is 14.3. The highest BCUT2D eigenvalue weighted by Crippen LogP contribution is 2.37. The molecule has 160 valence electrons. The number of nitrogens with zero attached hydrogens (tertiary/aromatic N) is 1. The molecular weight excluding hydrogens is 410 g/mol. The molecule has 1 amide bonds. The number of ether oxygens (including phenoxy) is 4. The molecule has 2 aromatic rings. The molecule has 1 atom stereocenters.